The number of alkyl halides is 2. The van der Waals surface area contributed by atoms with Crippen LogP contribution in [0.2, 0.25) is 0 Å². The van der Waals surface area contributed by atoms with Crippen molar-refractivity contribution in [2.24, 2.45) is 25.9 Å². The molecule has 0 spiro atoms. The molecule has 2 aromatic carbocycles. The lowest BCUT2D eigenvalue weighted by Gasteiger charge is -2.28. The third-order valence-corrected chi connectivity index (χ3v) is 14.6. The van der Waals surface area contributed by atoms with Gasteiger partial charge in [-0.15, -0.1) is 12.4 Å². The van der Waals surface area contributed by atoms with E-state index in [1.807, 2.05) is 64.6 Å². The SMILES string of the molecule is CC(C)(F)C1CCCC1.Cc1cc(F)c(N)cc1-c1cc(-c2cnn(C)c2)nc(N2CCOCC2)c1.Cc1cc(F)c(NC(=O)N2CCC(C(C)(C)F)C2)cc1-c1cc(-c2cnn(C)c2)nc(N2CCOCC2)c1.Cl. The maximum absolute atomic E-state index is 15.0. The molecule has 3 saturated heterocycles. The predicted molar refractivity (Wildman–Crippen MR) is 292 cm³/mol. The Kier molecular flexibility index (Phi) is 18.2. The van der Waals surface area contributed by atoms with Gasteiger partial charge in [-0.1, -0.05) is 12.8 Å². The smallest absolute Gasteiger partial charge is 0.321 e. The Morgan fingerprint density at radius 1 is 0.640 bits per heavy atom. The van der Waals surface area contributed by atoms with Gasteiger partial charge in [0.25, 0.3) is 0 Å². The number of hydrogen-bond donors (Lipinski definition) is 2. The van der Waals surface area contributed by atoms with E-state index in [0.29, 0.717) is 51.9 Å². The Balaban J connectivity index is 0.000000192. The van der Waals surface area contributed by atoms with Gasteiger partial charge in [-0.2, -0.15) is 10.2 Å². The Hall–Kier alpha value is -6.24. The number of rotatable bonds is 9. The Labute approximate surface area is 444 Å². The quantitative estimate of drug-likeness (QED) is 0.106. The fourth-order valence-electron chi connectivity index (χ4n) is 10.0. The molecule has 3 N–H and O–H groups in total. The van der Waals surface area contributed by atoms with Crippen molar-refractivity contribution < 1.29 is 31.8 Å². The van der Waals surface area contributed by atoms with E-state index in [1.165, 1.54) is 38.8 Å². The number of anilines is 4. The first kappa shape index (κ1) is 56.5. The van der Waals surface area contributed by atoms with Gasteiger partial charge in [0, 0.05) is 82.8 Å². The molecule has 6 aromatic rings. The highest BCUT2D eigenvalue weighted by Crippen LogP contribution is 2.38. The van der Waals surface area contributed by atoms with Gasteiger partial charge >= 0.3 is 6.03 Å². The van der Waals surface area contributed by atoms with Crippen LogP contribution in [0.5, 0.6) is 0 Å². The zero-order valence-electron chi connectivity index (χ0n) is 44.4. The largest absolute Gasteiger partial charge is 0.396 e. The fraction of sp³-hybridized carbons (Fsp3) is 0.482. The highest BCUT2D eigenvalue weighted by atomic mass is 35.5. The van der Waals surface area contributed by atoms with Gasteiger partial charge in [-0.3, -0.25) is 9.36 Å². The topological polar surface area (TPSA) is 145 Å². The summed E-state index contributed by atoms with van der Waals surface area (Å²) >= 11 is 0. The third-order valence-electron chi connectivity index (χ3n) is 14.6. The molecule has 3 aliphatic heterocycles. The van der Waals surface area contributed by atoms with Crippen molar-refractivity contribution in [2.45, 2.75) is 85.0 Å². The molecule has 1 unspecified atom stereocenters. The van der Waals surface area contributed by atoms with E-state index >= 15 is 4.39 Å². The monoisotopic (exact) mass is 1060 g/mol. The van der Waals surface area contributed by atoms with Crippen molar-refractivity contribution in [1.82, 2.24) is 34.4 Å². The Morgan fingerprint density at radius 3 is 1.53 bits per heavy atom. The lowest BCUT2D eigenvalue weighted by Crippen LogP contribution is -2.36. The number of carbonyl (C=O) groups is 1. The van der Waals surface area contributed by atoms with Gasteiger partial charge in [0.05, 0.1) is 61.6 Å². The van der Waals surface area contributed by atoms with Crippen molar-refractivity contribution in [1.29, 1.82) is 0 Å². The lowest BCUT2D eigenvalue weighted by atomic mass is 9.92. The van der Waals surface area contributed by atoms with Crippen LogP contribution < -0.4 is 20.9 Å². The van der Waals surface area contributed by atoms with E-state index < -0.39 is 29.0 Å². The van der Waals surface area contributed by atoms with E-state index in [1.54, 1.807) is 52.6 Å². The van der Waals surface area contributed by atoms with Crippen molar-refractivity contribution in [3.05, 3.63) is 96.1 Å². The first-order valence-corrected chi connectivity index (χ1v) is 25.7. The molecule has 1 saturated carbocycles. The van der Waals surface area contributed by atoms with Crippen LogP contribution in [-0.4, -0.2) is 117 Å². The zero-order valence-corrected chi connectivity index (χ0v) is 45.3. The number of amides is 2. The number of nitrogens with two attached hydrogens (primary N) is 1. The van der Waals surface area contributed by atoms with Crippen LogP contribution >= 0.6 is 12.4 Å². The Bertz CT molecular complexity index is 2900. The molecule has 19 heteroatoms. The van der Waals surface area contributed by atoms with Gasteiger partial charge < -0.3 is 35.2 Å². The Morgan fingerprint density at radius 2 is 1.11 bits per heavy atom. The number of pyridine rings is 2. The standard InChI is InChI=1S/C28H34F2N6O2.C20H22FN5O.C8H15F.ClH/c1-18-11-23(29)25(33-27(37)36-6-5-21(17-36)28(2,3)30)14-22(18)19-12-24(20-15-31-34(4)16-20)32-26(13-19)35-7-9-38-10-8-35;1-13-7-17(21)18(22)10-16(13)14-8-19(15-11-23-25(2)12-15)24-20(9-14)26-3-5-27-6-4-26;1-8(2,9)7-5-3-4-6-7;/h11-16,21H,5-10,17H2,1-4H3,(H,33,37);7-12H,3-6,22H2,1-2H3;7H,3-6H2,1-2H3;1H. The summed E-state index contributed by atoms with van der Waals surface area (Å²) in [5.41, 5.74) is 12.2. The molecular weight excluding hydrogens is 986 g/mol. The number of nitrogen functional groups attached to an aromatic ring is 1. The summed E-state index contributed by atoms with van der Waals surface area (Å²) in [4.78, 5) is 28.6. The molecule has 75 heavy (non-hydrogen) atoms. The number of aryl methyl sites for hydroxylation is 4. The number of benzene rings is 2. The molecule has 1 aliphatic carbocycles. The first-order chi connectivity index (χ1) is 35.2. The summed E-state index contributed by atoms with van der Waals surface area (Å²) in [6, 6.07) is 13.8. The highest BCUT2D eigenvalue weighted by Gasteiger charge is 2.37. The summed E-state index contributed by atoms with van der Waals surface area (Å²) in [6.07, 6.45) is 12.6. The second-order valence-electron chi connectivity index (χ2n) is 21.0. The summed E-state index contributed by atoms with van der Waals surface area (Å²) in [5, 5.41) is 11.3. The van der Waals surface area contributed by atoms with Crippen LogP contribution in [0.4, 0.5) is 45.4 Å². The number of nitrogens with one attached hydrogen (secondary N) is 1. The van der Waals surface area contributed by atoms with Crippen molar-refractivity contribution in [3.8, 4) is 44.8 Å². The predicted octanol–water partition coefficient (Wildman–Crippen LogP) is 11.4. The summed E-state index contributed by atoms with van der Waals surface area (Å²) < 4.78 is 70.8. The molecule has 14 nitrogen and oxygen atoms in total. The normalized spacial score (nSPS) is 17.2. The molecular formula is C56H72ClF4N11O3. The van der Waals surface area contributed by atoms with Gasteiger partial charge in [-0.05, 0) is 149 Å². The van der Waals surface area contributed by atoms with Crippen LogP contribution in [0.1, 0.15) is 70.9 Å². The zero-order chi connectivity index (χ0) is 52.9. The van der Waals surface area contributed by atoms with Crippen LogP contribution in [0.3, 0.4) is 0 Å². The molecule has 0 bridgehead atoms. The van der Waals surface area contributed by atoms with E-state index in [-0.39, 0.29) is 29.7 Å². The van der Waals surface area contributed by atoms with Gasteiger partial charge in [0.15, 0.2) is 0 Å². The second-order valence-corrected chi connectivity index (χ2v) is 21.0. The third kappa shape index (κ3) is 14.2. The molecule has 2 amide bonds. The molecule has 4 aromatic heterocycles. The van der Waals surface area contributed by atoms with E-state index in [4.69, 9.17) is 25.2 Å². The van der Waals surface area contributed by atoms with Gasteiger partial charge in [0.1, 0.15) is 34.6 Å². The van der Waals surface area contributed by atoms with Crippen LogP contribution in [0.15, 0.2) is 73.3 Å². The fourth-order valence-corrected chi connectivity index (χ4v) is 10.0. The minimum absolute atomic E-state index is 0. The molecule has 404 valence electrons. The summed E-state index contributed by atoms with van der Waals surface area (Å²) in [6.45, 7) is 16.5. The molecule has 0 radical (unpaired) electrons. The maximum Gasteiger partial charge on any atom is 0.321 e. The molecule has 4 aliphatic rings. The molecule has 10 rings (SSSR count). The van der Waals surface area contributed by atoms with Crippen LogP contribution in [0.25, 0.3) is 44.8 Å². The minimum atomic E-state index is -1.37. The number of ether oxygens (including phenoxy) is 2. The number of hydrogen-bond acceptors (Lipinski definition) is 10. The van der Waals surface area contributed by atoms with Crippen molar-refractivity contribution >= 4 is 41.4 Å². The average Bonchev–Trinajstić information content (AvgIpc) is 4.24. The number of likely N-dealkylation sites (tertiary alicyclic amines) is 1. The van der Waals surface area contributed by atoms with E-state index in [2.05, 4.69) is 25.3 Å². The molecule has 4 fully saturated rings. The van der Waals surface area contributed by atoms with Crippen LogP contribution in [-0.2, 0) is 23.6 Å². The van der Waals surface area contributed by atoms with Gasteiger partial charge in [0.2, 0.25) is 0 Å². The minimum Gasteiger partial charge on any atom is -0.396 e. The van der Waals surface area contributed by atoms with Crippen molar-refractivity contribution in [3.63, 3.8) is 0 Å². The number of nitrogens with zero attached hydrogens (tertiary/aromatic N) is 9. The lowest BCUT2D eigenvalue weighted by molar-refractivity contribution is 0.122. The number of morpholine rings is 2. The van der Waals surface area contributed by atoms with Crippen molar-refractivity contribution in [2.75, 3.05) is 86.5 Å². The summed E-state index contributed by atoms with van der Waals surface area (Å²) in [7, 11) is 3.73. The average molecular weight is 1060 g/mol. The number of halogens is 5. The number of urea groups is 1. The molecule has 1 atom stereocenters. The maximum atomic E-state index is 15.0. The number of carbonyl (C=O) groups excluding carboxylic acids is 1. The van der Waals surface area contributed by atoms with Crippen LogP contribution in [0, 0.1) is 37.3 Å². The van der Waals surface area contributed by atoms with E-state index in [0.717, 1.165) is 107 Å². The summed E-state index contributed by atoms with van der Waals surface area (Å²) in [5.74, 6) is 0.862. The van der Waals surface area contributed by atoms with Gasteiger partial charge in [-0.25, -0.2) is 32.3 Å². The molecule has 7 heterocycles. The van der Waals surface area contributed by atoms with E-state index in [9.17, 15) is 18.0 Å². The first-order valence-electron chi connectivity index (χ1n) is 25.7. The second kappa shape index (κ2) is 24.2. The highest BCUT2D eigenvalue weighted by molar-refractivity contribution is 5.91. The number of aromatic nitrogens is 6.